The predicted octanol–water partition coefficient (Wildman–Crippen LogP) is 20.9. The van der Waals surface area contributed by atoms with E-state index in [4.69, 9.17) is 63.1 Å². The summed E-state index contributed by atoms with van der Waals surface area (Å²) in [5.41, 5.74) is 10.1. The highest BCUT2D eigenvalue weighted by Gasteiger charge is 2.43. The molecule has 0 unspecified atom stereocenters. The van der Waals surface area contributed by atoms with Crippen molar-refractivity contribution >= 4 is 108 Å². The number of unbranched alkanes of at least 4 members (excludes halogenated alkanes) is 1. The number of carbonyl (C=O) groups is 3. The van der Waals surface area contributed by atoms with Crippen molar-refractivity contribution in [2.75, 3.05) is 160 Å². The number of nitrogens with zero attached hydrogens (tertiary/aromatic N) is 14. The van der Waals surface area contributed by atoms with Gasteiger partial charge in [0.2, 0.25) is 5.91 Å². The number of benzene rings is 11. The number of aromatic amines is 2. The number of H-pyrrole nitrogens is 2. The van der Waals surface area contributed by atoms with E-state index in [-0.39, 0.29) is 53.2 Å². The Hall–Kier alpha value is -14.3. The zero-order chi connectivity index (χ0) is 95.8. The Morgan fingerprint density at radius 3 is 1.01 bits per heavy atom. The van der Waals surface area contributed by atoms with Crippen molar-refractivity contribution in [3.8, 4) is 126 Å². The first-order valence-electron chi connectivity index (χ1n) is 45.7. The Kier molecular flexibility index (Phi) is 24.5. The quantitative estimate of drug-likeness (QED) is 0.0193. The van der Waals surface area contributed by atoms with Crippen molar-refractivity contribution < 1.29 is 47.5 Å². The van der Waals surface area contributed by atoms with Crippen LogP contribution in [0.25, 0.3) is 89.7 Å². The SMILES string of the molecule is CN(CCN(C)C(=O)c1ccc(Oc2ccc3c4nc5nc(nc6[nH]c(nc7nc(nc([nH]4)c3c2)-c2cc(Oc3cccc([N+](C)(C)C)c3)c(Oc3cccc([N+](C)(C)C)c3)cc2-7)c2cc(Oc3cccc([N+](C)(C)C)c3)c(Oc3cccc([N+](C)(C)C)c3)cc62)-c2cc(Oc3cccc([N+](C)(C)C)c3)c(Oc3cccc([N+](C)(C)C)c3)cc2-5)cc1)C(=O)CCCC[C@@H]1SC[C@@H]2NC(=O)N[C@@H]21. The monoisotopic (exact) mass is 1850 g/mol. The number of likely N-dealkylation sites (N-methyl/N-ethyl adjacent to an activating group) is 2. The van der Waals surface area contributed by atoms with Gasteiger partial charge in [0.25, 0.3) is 5.91 Å². The standard InChI is InChI=1S/C107H117N18O10S/c1-118(96(126)42-22-21-41-95-97-88(64-136-95)108-107(128)109-97)49-50-119(2)106(127)65-43-45-72(46-44-65)129-79-47-48-80-81(57-79)99-110-98(80)111-100-82-58-89(130-73-35-23-29-66(51-73)120(3,4)5)90(131-74-36-24-30-67(52-74)121(6,7)8)59-83(82)102(113-100)115-104-86-62-93(134-77-39-27-33-70(55-77)124(15,16)17)94(135-78-40-28-34-71(56-78)125(18,19)20)63-87(86)105(117-104)116-103-85-61-92(133-76-38-26-32-69(54-76)123(12,13)14)91(60-84(85)101(112-99)114-103)132-75-37-25-31-68(53-75)122(9,10)11/h23-40,43-48,51-63,88,95,97H,21-22,41-42,49-50,64H2,1-20H3,(H3-,108,109,110,111,112,113,114,115,116,117,128)/q+5/p+1/t88-,95-,97-/m0/s1. The van der Waals surface area contributed by atoms with Crippen molar-refractivity contribution in [3.05, 3.63) is 230 Å². The van der Waals surface area contributed by atoms with Gasteiger partial charge in [-0.15, -0.1) is 0 Å². The molecule has 4 aliphatic rings. The van der Waals surface area contributed by atoms with E-state index in [2.05, 4.69) is 184 Å². The minimum Gasteiger partial charge on any atom is -0.457 e. The van der Waals surface area contributed by atoms with Gasteiger partial charge in [-0.25, -0.2) is 34.7 Å². The van der Waals surface area contributed by atoms with Crippen LogP contribution in [0.5, 0.6) is 80.5 Å². The molecule has 11 aromatic carbocycles. The van der Waals surface area contributed by atoms with Crippen LogP contribution in [0.4, 0.5) is 38.9 Å². The molecule has 7 heterocycles. The number of quaternary nitrogens is 6. The third-order valence-corrected chi connectivity index (χ3v) is 26.4. The third kappa shape index (κ3) is 20.1. The number of amides is 4. The van der Waals surface area contributed by atoms with Gasteiger partial charge >= 0.3 is 6.03 Å². The fourth-order valence-corrected chi connectivity index (χ4v) is 18.4. The molecule has 14 aromatic rings. The number of thioether (sulfide) groups is 1. The second kappa shape index (κ2) is 36.2. The molecule has 4 amide bonds. The number of rotatable bonds is 29. The first-order valence-corrected chi connectivity index (χ1v) is 46.7. The van der Waals surface area contributed by atoms with Crippen LogP contribution in [0.2, 0.25) is 0 Å². The highest BCUT2D eigenvalue weighted by molar-refractivity contribution is 8.00. The zero-order valence-corrected chi connectivity index (χ0v) is 81.6. The molecular weight excluding hydrogens is 1730 g/mol. The molecular formula is C107H118N18O10S+6. The highest BCUT2D eigenvalue weighted by Crippen LogP contribution is 2.51. The molecule has 29 heteroatoms. The van der Waals surface area contributed by atoms with Crippen molar-refractivity contribution in [1.29, 1.82) is 0 Å². The number of carbonyl (C=O) groups excluding carboxylic acids is 3. The molecule has 18 rings (SSSR count). The molecule has 4 N–H and O–H groups in total. The molecule has 0 saturated carbocycles. The summed E-state index contributed by atoms with van der Waals surface area (Å²) in [5, 5.41) is 8.78. The molecule has 0 radical (unpaired) electrons. The summed E-state index contributed by atoms with van der Waals surface area (Å²) in [5.74, 6) is 8.25. The van der Waals surface area contributed by atoms with Crippen LogP contribution in [0.3, 0.4) is 0 Å². The van der Waals surface area contributed by atoms with Crippen molar-refractivity contribution in [2.45, 2.75) is 43.0 Å². The van der Waals surface area contributed by atoms with E-state index in [1.807, 2.05) is 176 Å². The maximum atomic E-state index is 14.2. The van der Waals surface area contributed by atoms with Gasteiger partial charge in [0.05, 0.1) is 139 Å². The van der Waals surface area contributed by atoms with E-state index in [0.29, 0.717) is 204 Å². The van der Waals surface area contributed by atoms with Crippen LogP contribution in [-0.2, 0) is 4.79 Å². The summed E-state index contributed by atoms with van der Waals surface area (Å²) in [6.45, 7) is 0.680. The molecule has 0 aliphatic carbocycles. The van der Waals surface area contributed by atoms with E-state index in [9.17, 15) is 14.4 Å². The summed E-state index contributed by atoms with van der Waals surface area (Å²) in [6.07, 6.45) is 2.95. The Morgan fingerprint density at radius 1 is 0.346 bits per heavy atom. The lowest BCUT2D eigenvalue weighted by Crippen LogP contribution is -2.37. The van der Waals surface area contributed by atoms with Crippen LogP contribution in [0, 0.1) is 0 Å². The molecule has 8 bridgehead atoms. The van der Waals surface area contributed by atoms with Crippen molar-refractivity contribution in [1.82, 2.24) is 87.2 Å². The summed E-state index contributed by atoms with van der Waals surface area (Å²) in [6, 6.07) is 72.5. The molecule has 2 saturated heterocycles. The van der Waals surface area contributed by atoms with Crippen LogP contribution < -0.4 is 70.7 Å². The Labute approximate surface area is 796 Å². The average Bonchev–Trinajstić information content (AvgIpc) is 1.59. The summed E-state index contributed by atoms with van der Waals surface area (Å²) in [4.78, 5) is 84.0. The molecule has 2 fully saturated rings. The summed E-state index contributed by atoms with van der Waals surface area (Å²) < 4.78 is 52.9. The molecule has 4 aliphatic heterocycles. The van der Waals surface area contributed by atoms with Gasteiger partial charge in [-0.2, -0.15) is 11.8 Å². The molecule has 136 heavy (non-hydrogen) atoms. The minimum absolute atomic E-state index is 0.0194. The number of aromatic nitrogens is 8. The number of urea groups is 1. The van der Waals surface area contributed by atoms with Gasteiger partial charge in [-0.1, -0.05) is 42.8 Å². The van der Waals surface area contributed by atoms with E-state index >= 15 is 0 Å². The van der Waals surface area contributed by atoms with Crippen molar-refractivity contribution in [2.24, 2.45) is 0 Å². The van der Waals surface area contributed by atoms with Crippen LogP contribution >= 0.6 is 11.8 Å². The molecule has 3 aromatic heterocycles. The minimum atomic E-state index is -0.213. The fraction of sp³-hybridized carbons (Fsp3) is 0.280. The predicted molar refractivity (Wildman–Crippen MR) is 548 cm³/mol. The van der Waals surface area contributed by atoms with E-state index in [0.717, 1.165) is 59.1 Å². The lowest BCUT2D eigenvalue weighted by Gasteiger charge is -2.24. The Bertz CT molecular complexity index is 7220. The maximum absolute atomic E-state index is 14.2. The summed E-state index contributed by atoms with van der Waals surface area (Å²) in [7, 11) is 41.5. The number of nitrogens with one attached hydrogen (secondary N) is 4. The highest BCUT2D eigenvalue weighted by atomic mass is 32.2. The zero-order valence-electron chi connectivity index (χ0n) is 80.8. The van der Waals surface area contributed by atoms with Gasteiger partial charge in [0.1, 0.15) is 103 Å². The van der Waals surface area contributed by atoms with Gasteiger partial charge in [0, 0.05) is 130 Å². The second-order valence-corrected chi connectivity index (χ2v) is 41.8. The molecule has 3 atom stereocenters. The van der Waals surface area contributed by atoms with Gasteiger partial charge in [0.15, 0.2) is 57.8 Å². The third-order valence-electron chi connectivity index (χ3n) is 24.9. The lowest BCUT2D eigenvalue weighted by atomic mass is 10.0. The Morgan fingerprint density at radius 2 is 0.662 bits per heavy atom. The van der Waals surface area contributed by atoms with E-state index in [1.54, 1.807) is 48.2 Å². The van der Waals surface area contributed by atoms with Crippen LogP contribution in [0.15, 0.2) is 224 Å². The first kappa shape index (κ1) is 92.2. The smallest absolute Gasteiger partial charge is 0.315 e. The van der Waals surface area contributed by atoms with Gasteiger partial charge in [-0.05, 0) is 165 Å². The van der Waals surface area contributed by atoms with E-state index in [1.165, 1.54) is 0 Å². The molecule has 696 valence electrons. The van der Waals surface area contributed by atoms with Crippen molar-refractivity contribution in [3.63, 3.8) is 0 Å². The second-order valence-electron chi connectivity index (χ2n) is 40.6. The fourth-order valence-electron chi connectivity index (χ4n) is 16.9. The van der Waals surface area contributed by atoms with Crippen LogP contribution in [-0.4, -0.2) is 245 Å². The first-order chi connectivity index (χ1) is 64.6. The largest absolute Gasteiger partial charge is 0.457 e. The van der Waals surface area contributed by atoms with E-state index < -0.39 is 0 Å². The topological polar surface area (TPSA) is 255 Å². The lowest BCUT2D eigenvalue weighted by molar-refractivity contribution is -0.130. The number of hydrogen-bond donors (Lipinski definition) is 4. The Balaban J connectivity index is 0.827. The molecule has 28 nitrogen and oxygen atoms in total. The van der Waals surface area contributed by atoms with Gasteiger partial charge in [-0.3, -0.25) is 36.5 Å². The van der Waals surface area contributed by atoms with Crippen LogP contribution in [0.1, 0.15) is 36.0 Å². The van der Waals surface area contributed by atoms with Gasteiger partial charge < -0.3 is 63.6 Å². The average molecular weight is 1850 g/mol. The number of fused-ring (bicyclic) bond motifs is 21. The number of ether oxygens (including phenoxy) is 7. The summed E-state index contributed by atoms with van der Waals surface area (Å²) >= 11 is 1.87. The maximum Gasteiger partial charge on any atom is 0.315 e. The molecule has 0 spiro atoms. The number of hydrogen-bond acceptors (Lipinski definition) is 17. The normalized spacial score (nSPS) is 14.9.